The number of nitrogens with one attached hydrogen (secondary N) is 2. The molecule has 9 heteroatoms. The van der Waals surface area contributed by atoms with E-state index in [2.05, 4.69) is 20.8 Å². The Kier molecular flexibility index (Phi) is 7.66. The average Bonchev–Trinajstić information content (AvgIpc) is 3.18. The van der Waals surface area contributed by atoms with Gasteiger partial charge in [-0.25, -0.2) is 0 Å². The second-order valence-electron chi connectivity index (χ2n) is 6.73. The minimum Gasteiger partial charge on any atom is -0.495 e. The van der Waals surface area contributed by atoms with Crippen molar-refractivity contribution in [2.45, 2.75) is 32.1 Å². The molecule has 0 atom stereocenters. The number of carbonyl (C=O) groups excluding carboxylic acids is 2. The zero-order valence-electron chi connectivity index (χ0n) is 17.7. The van der Waals surface area contributed by atoms with Gasteiger partial charge in [-0.2, -0.15) is 0 Å². The minimum atomic E-state index is -0.172. The number of ether oxygens (including phenoxy) is 1. The molecule has 0 fully saturated rings. The van der Waals surface area contributed by atoms with Crippen molar-refractivity contribution in [3.63, 3.8) is 0 Å². The summed E-state index contributed by atoms with van der Waals surface area (Å²) in [6.45, 7) is 4.78. The number of aromatic nitrogens is 3. The molecular weight excluding hydrogens is 414 g/mol. The molecule has 8 nitrogen and oxygen atoms in total. The number of anilines is 1. The standard InChI is InChI=1S/C22H25N5O3S/c1-4-27-19(13-23-21(29)16-9-7-8-15(2)12-16)25-26-22(27)31-14-20(28)24-17-10-5-6-11-18(17)30-3/h5-12H,4,13-14H2,1-3H3,(H,23,29)(H,24,28). The molecule has 2 amide bonds. The molecular formula is C22H25N5O3S. The number of methoxy groups -OCH3 is 1. The van der Waals surface area contributed by atoms with Crippen molar-refractivity contribution in [1.29, 1.82) is 0 Å². The summed E-state index contributed by atoms with van der Waals surface area (Å²) in [5.74, 6) is 1.07. The number of hydrogen-bond donors (Lipinski definition) is 2. The Hall–Kier alpha value is -3.33. The fourth-order valence-electron chi connectivity index (χ4n) is 2.99. The highest BCUT2D eigenvalue weighted by Crippen LogP contribution is 2.24. The molecule has 162 valence electrons. The molecule has 2 N–H and O–H groups in total. The highest BCUT2D eigenvalue weighted by molar-refractivity contribution is 7.99. The first-order valence-corrected chi connectivity index (χ1v) is 10.8. The summed E-state index contributed by atoms with van der Waals surface area (Å²) in [5.41, 5.74) is 2.24. The van der Waals surface area contributed by atoms with Crippen LogP contribution in [-0.2, 0) is 17.9 Å². The van der Waals surface area contributed by atoms with E-state index in [0.717, 1.165) is 5.56 Å². The number of para-hydroxylation sites is 2. The average molecular weight is 440 g/mol. The van der Waals surface area contributed by atoms with Crippen LogP contribution in [0.2, 0.25) is 0 Å². The topological polar surface area (TPSA) is 98.1 Å². The van der Waals surface area contributed by atoms with Crippen LogP contribution in [0.15, 0.2) is 53.7 Å². The van der Waals surface area contributed by atoms with Crippen molar-refractivity contribution in [2.75, 3.05) is 18.2 Å². The Balaban J connectivity index is 1.58. The van der Waals surface area contributed by atoms with Gasteiger partial charge in [-0.05, 0) is 38.1 Å². The van der Waals surface area contributed by atoms with E-state index in [-0.39, 0.29) is 24.1 Å². The monoisotopic (exact) mass is 439 g/mol. The van der Waals surface area contributed by atoms with Crippen molar-refractivity contribution in [3.8, 4) is 5.75 Å². The Labute approximate surface area is 185 Å². The number of carbonyl (C=O) groups is 2. The van der Waals surface area contributed by atoms with Crippen molar-refractivity contribution in [3.05, 3.63) is 65.5 Å². The van der Waals surface area contributed by atoms with E-state index in [9.17, 15) is 9.59 Å². The van der Waals surface area contributed by atoms with E-state index in [1.807, 2.05) is 48.7 Å². The predicted molar refractivity (Wildman–Crippen MR) is 120 cm³/mol. The van der Waals surface area contributed by atoms with Gasteiger partial charge in [-0.1, -0.05) is 41.6 Å². The van der Waals surface area contributed by atoms with Gasteiger partial charge in [-0.3, -0.25) is 9.59 Å². The van der Waals surface area contributed by atoms with E-state index >= 15 is 0 Å². The second-order valence-corrected chi connectivity index (χ2v) is 7.67. The molecule has 3 aromatic rings. The van der Waals surface area contributed by atoms with Gasteiger partial charge in [0, 0.05) is 12.1 Å². The molecule has 0 bridgehead atoms. The fourth-order valence-corrected chi connectivity index (χ4v) is 3.81. The van der Waals surface area contributed by atoms with E-state index in [4.69, 9.17) is 4.74 Å². The van der Waals surface area contributed by atoms with Gasteiger partial charge < -0.3 is 19.9 Å². The number of nitrogens with zero attached hydrogens (tertiary/aromatic N) is 3. The third-order valence-corrected chi connectivity index (χ3v) is 5.48. The normalized spacial score (nSPS) is 10.5. The van der Waals surface area contributed by atoms with Crippen molar-refractivity contribution >= 4 is 29.3 Å². The minimum absolute atomic E-state index is 0.167. The third kappa shape index (κ3) is 5.85. The Morgan fingerprint density at radius 2 is 1.94 bits per heavy atom. The zero-order valence-corrected chi connectivity index (χ0v) is 18.5. The summed E-state index contributed by atoms with van der Waals surface area (Å²) in [4.78, 5) is 24.7. The lowest BCUT2D eigenvalue weighted by atomic mass is 10.1. The predicted octanol–water partition coefficient (Wildman–Crippen LogP) is 3.28. The maximum atomic E-state index is 12.4. The first-order valence-electron chi connectivity index (χ1n) is 9.84. The van der Waals surface area contributed by atoms with Crippen molar-refractivity contribution < 1.29 is 14.3 Å². The number of aryl methyl sites for hydroxylation is 1. The van der Waals surface area contributed by atoms with Crippen LogP contribution in [0.3, 0.4) is 0 Å². The summed E-state index contributed by atoms with van der Waals surface area (Å²) in [6.07, 6.45) is 0. The van der Waals surface area contributed by atoms with Crippen LogP contribution in [0.5, 0.6) is 5.75 Å². The summed E-state index contributed by atoms with van der Waals surface area (Å²) < 4.78 is 7.14. The van der Waals surface area contributed by atoms with Gasteiger partial charge in [0.05, 0.1) is 25.1 Å². The van der Waals surface area contributed by atoms with Crippen molar-refractivity contribution in [1.82, 2.24) is 20.1 Å². The second kappa shape index (κ2) is 10.6. The number of benzene rings is 2. The highest BCUT2D eigenvalue weighted by Gasteiger charge is 2.15. The Bertz CT molecular complexity index is 1070. The molecule has 0 aliphatic heterocycles. The summed E-state index contributed by atoms with van der Waals surface area (Å²) in [6, 6.07) is 14.6. The van der Waals surface area contributed by atoms with Gasteiger partial charge >= 0.3 is 0 Å². The first-order chi connectivity index (χ1) is 15.0. The van der Waals surface area contributed by atoms with Gasteiger partial charge in [-0.15, -0.1) is 10.2 Å². The smallest absolute Gasteiger partial charge is 0.251 e. The van der Waals surface area contributed by atoms with E-state index < -0.39 is 0 Å². The molecule has 0 saturated heterocycles. The van der Waals surface area contributed by atoms with E-state index in [0.29, 0.717) is 34.5 Å². The van der Waals surface area contributed by atoms with E-state index in [1.165, 1.54) is 11.8 Å². The van der Waals surface area contributed by atoms with Gasteiger partial charge in [0.1, 0.15) is 5.75 Å². The van der Waals surface area contributed by atoms with Gasteiger partial charge in [0.15, 0.2) is 11.0 Å². The zero-order chi connectivity index (χ0) is 22.2. The summed E-state index contributed by atoms with van der Waals surface area (Å²) in [7, 11) is 1.56. The molecule has 31 heavy (non-hydrogen) atoms. The van der Waals surface area contributed by atoms with Crippen LogP contribution >= 0.6 is 11.8 Å². The Morgan fingerprint density at radius 1 is 1.13 bits per heavy atom. The molecule has 2 aromatic carbocycles. The first kappa shape index (κ1) is 22.4. The third-order valence-electron chi connectivity index (χ3n) is 4.51. The van der Waals surface area contributed by atoms with Crippen LogP contribution in [0.4, 0.5) is 5.69 Å². The molecule has 3 rings (SSSR count). The maximum Gasteiger partial charge on any atom is 0.251 e. The van der Waals surface area contributed by atoms with Crippen LogP contribution in [0.1, 0.15) is 28.7 Å². The molecule has 0 spiro atoms. The Morgan fingerprint density at radius 3 is 2.68 bits per heavy atom. The molecule has 0 saturated carbocycles. The molecule has 0 unspecified atom stereocenters. The fraction of sp³-hybridized carbons (Fsp3) is 0.273. The van der Waals surface area contributed by atoms with Crippen LogP contribution < -0.4 is 15.4 Å². The number of hydrogen-bond acceptors (Lipinski definition) is 6. The van der Waals surface area contributed by atoms with Gasteiger partial charge in [0.2, 0.25) is 5.91 Å². The SMILES string of the molecule is CCn1c(CNC(=O)c2cccc(C)c2)nnc1SCC(=O)Nc1ccccc1OC. The summed E-state index contributed by atoms with van der Waals surface area (Å²) >= 11 is 1.29. The lowest BCUT2D eigenvalue weighted by Gasteiger charge is -2.10. The quantitative estimate of drug-likeness (QED) is 0.497. The molecule has 0 radical (unpaired) electrons. The van der Waals surface area contributed by atoms with Gasteiger partial charge in [0.25, 0.3) is 5.91 Å². The van der Waals surface area contributed by atoms with Crippen LogP contribution in [0, 0.1) is 6.92 Å². The van der Waals surface area contributed by atoms with Crippen molar-refractivity contribution in [2.24, 2.45) is 0 Å². The molecule has 1 heterocycles. The van der Waals surface area contributed by atoms with Crippen LogP contribution in [0.25, 0.3) is 0 Å². The van der Waals surface area contributed by atoms with Crippen LogP contribution in [-0.4, -0.2) is 39.4 Å². The molecule has 1 aromatic heterocycles. The lowest BCUT2D eigenvalue weighted by molar-refractivity contribution is -0.113. The highest BCUT2D eigenvalue weighted by atomic mass is 32.2. The molecule has 0 aliphatic rings. The maximum absolute atomic E-state index is 12.4. The number of amides is 2. The van der Waals surface area contributed by atoms with E-state index in [1.54, 1.807) is 25.3 Å². The molecule has 0 aliphatic carbocycles. The lowest BCUT2D eigenvalue weighted by Crippen LogP contribution is -2.25. The largest absolute Gasteiger partial charge is 0.495 e. The number of thioether (sulfide) groups is 1. The number of rotatable bonds is 9. The summed E-state index contributed by atoms with van der Waals surface area (Å²) in [5, 5.41) is 14.7.